The average molecular weight is 417 g/mol. The van der Waals surface area contributed by atoms with Crippen LogP contribution in [0.2, 0.25) is 0 Å². The van der Waals surface area contributed by atoms with Crippen LogP contribution in [0.15, 0.2) is 36.4 Å². The summed E-state index contributed by atoms with van der Waals surface area (Å²) >= 11 is 0. The van der Waals surface area contributed by atoms with Gasteiger partial charge in [0.15, 0.2) is 0 Å². The van der Waals surface area contributed by atoms with Gasteiger partial charge in [0.2, 0.25) is 0 Å². The topological polar surface area (TPSA) is 77.0 Å². The Kier molecular flexibility index (Phi) is 5.13. The van der Waals surface area contributed by atoms with E-state index in [0.717, 1.165) is 18.4 Å². The zero-order valence-electron chi connectivity index (χ0n) is 16.5. The molecule has 1 saturated carbocycles. The Bertz CT molecular complexity index is 1070. The predicted octanol–water partition coefficient (Wildman–Crippen LogP) is 4.43. The van der Waals surface area contributed by atoms with Gasteiger partial charge < -0.3 is 10.6 Å². The Morgan fingerprint density at radius 2 is 1.90 bits per heavy atom. The van der Waals surface area contributed by atoms with Crippen LogP contribution < -0.4 is 5.73 Å². The number of benzene rings is 2. The number of aromatic nitrogens is 3. The molecule has 3 aromatic rings. The molecule has 0 atom stereocenters. The third-order valence-electron chi connectivity index (χ3n) is 5.43. The minimum absolute atomic E-state index is 0.0577. The zero-order chi connectivity index (χ0) is 21.5. The standard InChI is InChI=1S/C21H22F3N5O/c1-2-28(20(25)30)11-13-5-7-15(8-6-13)16-9-10-17-19(18(16)21(22,23)24)26-27-29(17)12-14-3-4-14/h5-10,14H,2-4,11-12H2,1H3,(H2,25,30). The summed E-state index contributed by atoms with van der Waals surface area (Å²) in [5, 5.41) is 7.85. The second-order valence-corrected chi connectivity index (χ2v) is 7.62. The maximum atomic E-state index is 14.0. The van der Waals surface area contributed by atoms with E-state index in [9.17, 15) is 18.0 Å². The van der Waals surface area contributed by atoms with E-state index in [2.05, 4.69) is 10.3 Å². The van der Waals surface area contributed by atoms with Gasteiger partial charge in [-0.2, -0.15) is 13.2 Å². The SMILES string of the molecule is CCN(Cc1ccc(-c2ccc3c(nnn3CC3CC3)c2C(F)(F)F)cc1)C(N)=O. The largest absolute Gasteiger partial charge is 0.419 e. The number of primary amides is 1. The number of rotatable bonds is 6. The fourth-order valence-corrected chi connectivity index (χ4v) is 3.60. The third-order valence-corrected chi connectivity index (χ3v) is 5.43. The molecule has 6 nitrogen and oxygen atoms in total. The number of hydrogen-bond donors (Lipinski definition) is 1. The maximum absolute atomic E-state index is 14.0. The van der Waals surface area contributed by atoms with Crippen molar-refractivity contribution in [1.82, 2.24) is 19.9 Å². The van der Waals surface area contributed by atoms with Crippen LogP contribution in [0.25, 0.3) is 22.2 Å². The smallest absolute Gasteiger partial charge is 0.351 e. The van der Waals surface area contributed by atoms with Gasteiger partial charge >= 0.3 is 12.2 Å². The Morgan fingerprint density at radius 3 is 2.47 bits per heavy atom. The highest BCUT2D eigenvalue weighted by Crippen LogP contribution is 2.41. The van der Waals surface area contributed by atoms with Crippen molar-refractivity contribution in [2.45, 2.75) is 39.0 Å². The van der Waals surface area contributed by atoms with Crippen LogP contribution >= 0.6 is 0 Å². The molecule has 2 N–H and O–H groups in total. The number of amides is 2. The van der Waals surface area contributed by atoms with Crippen molar-refractivity contribution in [3.63, 3.8) is 0 Å². The molecule has 9 heteroatoms. The molecule has 2 aromatic carbocycles. The van der Waals surface area contributed by atoms with Gasteiger partial charge in [0.05, 0.1) is 11.1 Å². The summed E-state index contributed by atoms with van der Waals surface area (Å²) in [7, 11) is 0. The van der Waals surface area contributed by atoms with Crippen LogP contribution in [0.4, 0.5) is 18.0 Å². The molecule has 4 rings (SSSR count). The van der Waals surface area contributed by atoms with Crippen molar-refractivity contribution < 1.29 is 18.0 Å². The molecule has 2 amide bonds. The van der Waals surface area contributed by atoms with Gasteiger partial charge in [-0.1, -0.05) is 35.5 Å². The van der Waals surface area contributed by atoms with E-state index >= 15 is 0 Å². The van der Waals surface area contributed by atoms with E-state index in [1.54, 1.807) is 41.9 Å². The normalized spacial score (nSPS) is 14.3. The van der Waals surface area contributed by atoms with Gasteiger partial charge in [0.25, 0.3) is 0 Å². The second kappa shape index (κ2) is 7.62. The Labute approximate surface area is 171 Å². The van der Waals surface area contributed by atoms with Crippen LogP contribution in [0.1, 0.15) is 30.9 Å². The average Bonchev–Trinajstić information content (AvgIpc) is 3.43. The van der Waals surface area contributed by atoms with E-state index in [4.69, 9.17) is 5.73 Å². The molecule has 158 valence electrons. The highest BCUT2D eigenvalue weighted by molar-refractivity contribution is 5.87. The van der Waals surface area contributed by atoms with E-state index in [1.165, 1.54) is 11.0 Å². The lowest BCUT2D eigenvalue weighted by atomic mass is 9.97. The van der Waals surface area contributed by atoms with Crippen molar-refractivity contribution in [2.75, 3.05) is 6.54 Å². The van der Waals surface area contributed by atoms with E-state index in [0.29, 0.717) is 36.6 Å². The summed E-state index contributed by atoms with van der Waals surface area (Å²) in [4.78, 5) is 12.8. The number of alkyl halides is 3. The number of halogens is 3. The molecule has 1 fully saturated rings. The molecule has 0 unspecified atom stereocenters. The van der Waals surface area contributed by atoms with Gasteiger partial charge in [0, 0.05) is 19.6 Å². The van der Waals surface area contributed by atoms with Gasteiger partial charge in [-0.15, -0.1) is 5.10 Å². The van der Waals surface area contributed by atoms with E-state index < -0.39 is 17.8 Å². The highest BCUT2D eigenvalue weighted by Gasteiger charge is 2.38. The number of fused-ring (bicyclic) bond motifs is 1. The molecule has 0 bridgehead atoms. The molecule has 1 aromatic heterocycles. The lowest BCUT2D eigenvalue weighted by molar-refractivity contribution is -0.135. The molecule has 0 saturated heterocycles. The van der Waals surface area contributed by atoms with Gasteiger partial charge in [-0.05, 0) is 48.4 Å². The first-order chi connectivity index (χ1) is 14.3. The Hall–Kier alpha value is -3.10. The third kappa shape index (κ3) is 3.96. The molecule has 0 spiro atoms. The molecular formula is C21H22F3N5O. The van der Waals surface area contributed by atoms with Crippen molar-refractivity contribution in [2.24, 2.45) is 11.7 Å². The van der Waals surface area contributed by atoms with Gasteiger partial charge in [0.1, 0.15) is 5.52 Å². The number of nitrogens with zero attached hydrogens (tertiary/aromatic N) is 4. The van der Waals surface area contributed by atoms with Crippen molar-refractivity contribution in [1.29, 1.82) is 0 Å². The maximum Gasteiger partial charge on any atom is 0.419 e. The van der Waals surface area contributed by atoms with Crippen LogP contribution in [0.5, 0.6) is 0 Å². The highest BCUT2D eigenvalue weighted by atomic mass is 19.4. The number of carbonyl (C=O) groups is 1. The summed E-state index contributed by atoms with van der Waals surface area (Å²) in [6.45, 7) is 3.14. The quantitative estimate of drug-likeness (QED) is 0.645. The fraction of sp³-hybridized carbons (Fsp3) is 0.381. The fourth-order valence-electron chi connectivity index (χ4n) is 3.60. The number of carbonyl (C=O) groups excluding carboxylic acids is 1. The molecule has 1 heterocycles. The van der Waals surface area contributed by atoms with E-state index in [-0.39, 0.29) is 11.1 Å². The summed E-state index contributed by atoms with van der Waals surface area (Å²) in [5.74, 6) is 0.472. The summed E-state index contributed by atoms with van der Waals surface area (Å²) < 4.78 is 43.6. The number of hydrogen-bond acceptors (Lipinski definition) is 3. The first kappa shape index (κ1) is 20.2. The van der Waals surface area contributed by atoms with Gasteiger partial charge in [-0.25, -0.2) is 9.48 Å². The van der Waals surface area contributed by atoms with Crippen LogP contribution in [0.3, 0.4) is 0 Å². The molecule has 30 heavy (non-hydrogen) atoms. The molecule has 1 aliphatic carbocycles. The van der Waals surface area contributed by atoms with Crippen molar-refractivity contribution >= 4 is 17.1 Å². The zero-order valence-corrected chi connectivity index (χ0v) is 16.5. The Balaban J connectivity index is 1.72. The minimum atomic E-state index is -4.57. The lowest BCUT2D eigenvalue weighted by Crippen LogP contribution is -2.34. The van der Waals surface area contributed by atoms with Gasteiger partial charge in [-0.3, -0.25) is 0 Å². The lowest BCUT2D eigenvalue weighted by Gasteiger charge is -2.18. The van der Waals surface area contributed by atoms with Crippen LogP contribution in [-0.4, -0.2) is 32.5 Å². The van der Waals surface area contributed by atoms with Crippen LogP contribution in [-0.2, 0) is 19.3 Å². The first-order valence-electron chi connectivity index (χ1n) is 9.85. The number of nitrogens with two attached hydrogens (primary N) is 1. The monoisotopic (exact) mass is 417 g/mol. The second-order valence-electron chi connectivity index (χ2n) is 7.62. The van der Waals surface area contributed by atoms with Crippen molar-refractivity contribution in [3.05, 3.63) is 47.5 Å². The molecular weight excluding hydrogens is 395 g/mol. The first-order valence-corrected chi connectivity index (χ1v) is 9.85. The van der Waals surface area contributed by atoms with E-state index in [1.807, 2.05) is 0 Å². The summed E-state index contributed by atoms with van der Waals surface area (Å²) in [6.07, 6.45) is -2.43. The Morgan fingerprint density at radius 1 is 1.20 bits per heavy atom. The van der Waals surface area contributed by atoms with Crippen LogP contribution in [0, 0.1) is 5.92 Å². The predicted molar refractivity (Wildman–Crippen MR) is 106 cm³/mol. The number of urea groups is 1. The summed E-state index contributed by atoms with van der Waals surface area (Å²) in [6, 6.07) is 9.24. The molecule has 0 aliphatic heterocycles. The van der Waals surface area contributed by atoms with Crippen molar-refractivity contribution in [3.8, 4) is 11.1 Å². The molecule has 0 radical (unpaired) electrons. The summed E-state index contributed by atoms with van der Waals surface area (Å²) in [5.41, 5.74) is 6.08. The minimum Gasteiger partial charge on any atom is -0.351 e. The molecule has 1 aliphatic rings.